The number of aromatic carboxylic acids is 1. The Morgan fingerprint density at radius 2 is 2.15 bits per heavy atom. The van der Waals surface area contributed by atoms with Crippen molar-refractivity contribution in [2.45, 2.75) is 39.9 Å². The fraction of sp³-hybridized carbons (Fsp3) is 0.500. The Morgan fingerprint density at radius 1 is 1.40 bits per heavy atom. The molecule has 0 aliphatic carbocycles. The van der Waals surface area contributed by atoms with Crippen LogP contribution < -0.4 is 5.73 Å². The third-order valence-electron chi connectivity index (χ3n) is 3.12. The molecule has 0 radical (unpaired) electrons. The predicted molar refractivity (Wildman–Crippen MR) is 71.3 cm³/mol. The van der Waals surface area contributed by atoms with Crippen molar-refractivity contribution < 1.29 is 9.90 Å². The van der Waals surface area contributed by atoms with E-state index < -0.39 is 5.97 Å². The Bertz CT molecular complexity index is 615. The number of hydrogen-bond acceptors (Lipinski definition) is 5. The van der Waals surface area contributed by atoms with E-state index in [1.165, 1.54) is 4.68 Å². The number of nitrogens with two attached hydrogens (primary N) is 1. The van der Waals surface area contributed by atoms with Gasteiger partial charge in [0.2, 0.25) is 0 Å². The van der Waals surface area contributed by atoms with E-state index in [-0.39, 0.29) is 12.2 Å². The molecule has 0 spiro atoms. The highest BCUT2D eigenvalue weighted by molar-refractivity contribution is 5.86. The first-order valence-electron chi connectivity index (χ1n) is 6.52. The van der Waals surface area contributed by atoms with Crippen molar-refractivity contribution in [2.24, 2.45) is 5.73 Å². The van der Waals surface area contributed by atoms with E-state index in [4.69, 9.17) is 10.8 Å². The van der Waals surface area contributed by atoms with Gasteiger partial charge in [-0.05, 0) is 19.4 Å². The van der Waals surface area contributed by atoms with Gasteiger partial charge in [-0.1, -0.05) is 12.1 Å². The first-order valence-corrected chi connectivity index (χ1v) is 6.52. The molecule has 2 aromatic rings. The lowest BCUT2D eigenvalue weighted by atomic mass is 10.3. The molecule has 0 aliphatic heterocycles. The van der Waals surface area contributed by atoms with Gasteiger partial charge in [-0.15, -0.1) is 5.10 Å². The number of nitrogens with zero attached hydrogens (tertiary/aromatic N) is 5. The summed E-state index contributed by atoms with van der Waals surface area (Å²) < 4.78 is 3.40. The molecule has 8 heteroatoms. The molecule has 0 amide bonds. The van der Waals surface area contributed by atoms with E-state index in [0.29, 0.717) is 12.2 Å². The second-order valence-electron chi connectivity index (χ2n) is 4.35. The second-order valence-corrected chi connectivity index (χ2v) is 4.35. The monoisotopic (exact) mass is 278 g/mol. The van der Waals surface area contributed by atoms with Crippen LogP contribution in [-0.2, 0) is 26.1 Å². The number of rotatable bonds is 6. The van der Waals surface area contributed by atoms with Gasteiger partial charge < -0.3 is 10.8 Å². The predicted octanol–water partition coefficient (Wildman–Crippen LogP) is 0.262. The maximum Gasteiger partial charge on any atom is 0.358 e. The summed E-state index contributed by atoms with van der Waals surface area (Å²) in [4.78, 5) is 11.0. The van der Waals surface area contributed by atoms with Gasteiger partial charge >= 0.3 is 5.97 Å². The van der Waals surface area contributed by atoms with Crippen molar-refractivity contribution in [3.05, 3.63) is 28.8 Å². The number of aromatic nitrogens is 5. The molecular formula is C12H18N6O2. The van der Waals surface area contributed by atoms with Crippen LogP contribution in [-0.4, -0.2) is 35.9 Å². The Morgan fingerprint density at radius 3 is 2.70 bits per heavy atom. The van der Waals surface area contributed by atoms with Crippen molar-refractivity contribution in [3.63, 3.8) is 0 Å². The van der Waals surface area contributed by atoms with Crippen LogP contribution in [0.25, 0.3) is 0 Å². The summed E-state index contributed by atoms with van der Waals surface area (Å²) in [6.07, 6.45) is 0.849. The van der Waals surface area contributed by atoms with Gasteiger partial charge in [0.25, 0.3) is 0 Å². The molecule has 0 unspecified atom stereocenters. The Kier molecular flexibility index (Phi) is 4.14. The molecule has 2 heterocycles. The summed E-state index contributed by atoms with van der Waals surface area (Å²) in [5.41, 5.74) is 7.88. The number of hydrogen-bond donors (Lipinski definition) is 2. The molecule has 0 aromatic carbocycles. The molecule has 2 rings (SSSR count). The van der Waals surface area contributed by atoms with Crippen molar-refractivity contribution in [2.75, 3.05) is 0 Å². The molecule has 0 aliphatic rings. The summed E-state index contributed by atoms with van der Waals surface area (Å²) in [7, 11) is 0. The average molecular weight is 278 g/mol. The number of aryl methyl sites for hydroxylation is 2. The van der Waals surface area contributed by atoms with Crippen LogP contribution in [0.2, 0.25) is 0 Å². The summed E-state index contributed by atoms with van der Waals surface area (Å²) in [6, 6.07) is 1.99. The number of carboxylic acid groups (broad SMARTS) is 1. The zero-order valence-electron chi connectivity index (χ0n) is 11.6. The van der Waals surface area contributed by atoms with Gasteiger partial charge in [-0.2, -0.15) is 5.10 Å². The zero-order chi connectivity index (χ0) is 14.7. The lowest BCUT2D eigenvalue weighted by molar-refractivity contribution is 0.0689. The molecule has 0 saturated carbocycles. The lowest BCUT2D eigenvalue weighted by Crippen LogP contribution is -2.15. The maximum absolute atomic E-state index is 11.0. The fourth-order valence-electron chi connectivity index (χ4n) is 2.07. The van der Waals surface area contributed by atoms with E-state index in [1.807, 2.05) is 24.6 Å². The highest BCUT2D eigenvalue weighted by Crippen LogP contribution is 2.11. The van der Waals surface area contributed by atoms with Crippen molar-refractivity contribution >= 4 is 5.97 Å². The van der Waals surface area contributed by atoms with Gasteiger partial charge in [0.05, 0.1) is 23.6 Å². The third kappa shape index (κ3) is 2.55. The minimum atomic E-state index is -1.12. The Labute approximate surface area is 116 Å². The van der Waals surface area contributed by atoms with E-state index >= 15 is 0 Å². The van der Waals surface area contributed by atoms with Crippen LogP contribution in [0, 0.1) is 0 Å². The molecule has 20 heavy (non-hydrogen) atoms. The molecule has 0 fully saturated rings. The van der Waals surface area contributed by atoms with E-state index in [2.05, 4.69) is 15.4 Å². The fourth-order valence-corrected chi connectivity index (χ4v) is 2.07. The van der Waals surface area contributed by atoms with E-state index in [0.717, 1.165) is 24.4 Å². The molecule has 3 N–H and O–H groups in total. The molecule has 0 atom stereocenters. The second kappa shape index (κ2) is 5.83. The van der Waals surface area contributed by atoms with Gasteiger partial charge in [0.15, 0.2) is 5.69 Å². The number of carboxylic acids is 1. The van der Waals surface area contributed by atoms with Crippen LogP contribution >= 0.6 is 0 Å². The molecule has 0 saturated heterocycles. The van der Waals surface area contributed by atoms with Crippen molar-refractivity contribution in [1.82, 2.24) is 24.8 Å². The van der Waals surface area contributed by atoms with Gasteiger partial charge in [-0.3, -0.25) is 4.68 Å². The molecule has 0 bridgehead atoms. The smallest absolute Gasteiger partial charge is 0.358 e. The van der Waals surface area contributed by atoms with Crippen LogP contribution in [0.3, 0.4) is 0 Å². The molecular weight excluding hydrogens is 260 g/mol. The van der Waals surface area contributed by atoms with Crippen LogP contribution in [0.1, 0.15) is 41.4 Å². The minimum absolute atomic E-state index is 0.0789. The topological polar surface area (TPSA) is 112 Å². The van der Waals surface area contributed by atoms with Crippen molar-refractivity contribution in [3.8, 4) is 0 Å². The SMILES string of the molecule is CCc1cc(Cn2nnc(C(=O)O)c2CN)n(CC)n1. The molecule has 2 aromatic heterocycles. The molecule has 108 valence electrons. The maximum atomic E-state index is 11.0. The quantitative estimate of drug-likeness (QED) is 0.784. The average Bonchev–Trinajstić information content (AvgIpc) is 3.02. The van der Waals surface area contributed by atoms with Gasteiger partial charge in [-0.25, -0.2) is 9.48 Å². The van der Waals surface area contributed by atoms with E-state index in [9.17, 15) is 4.79 Å². The van der Waals surface area contributed by atoms with Crippen LogP contribution in [0.15, 0.2) is 6.07 Å². The summed E-state index contributed by atoms with van der Waals surface area (Å²) in [5, 5.41) is 21.0. The van der Waals surface area contributed by atoms with Crippen LogP contribution in [0.4, 0.5) is 0 Å². The third-order valence-corrected chi connectivity index (χ3v) is 3.12. The first-order chi connectivity index (χ1) is 9.60. The largest absolute Gasteiger partial charge is 0.476 e. The van der Waals surface area contributed by atoms with Crippen LogP contribution in [0.5, 0.6) is 0 Å². The molecule has 8 nitrogen and oxygen atoms in total. The Hall–Kier alpha value is -2.22. The summed E-state index contributed by atoms with van der Waals surface area (Å²) in [6.45, 7) is 5.27. The summed E-state index contributed by atoms with van der Waals surface area (Å²) in [5.74, 6) is -1.12. The first kappa shape index (κ1) is 14.2. The normalized spacial score (nSPS) is 10.9. The van der Waals surface area contributed by atoms with E-state index in [1.54, 1.807) is 0 Å². The van der Waals surface area contributed by atoms with Crippen molar-refractivity contribution in [1.29, 1.82) is 0 Å². The standard InChI is InChI=1S/C12H18N6O2/c1-3-8-5-9(17(4-2)15-8)7-18-10(6-13)11(12(19)20)14-16-18/h5H,3-4,6-7,13H2,1-2H3,(H,19,20). The Balaban J connectivity index is 2.34. The summed E-state index contributed by atoms with van der Waals surface area (Å²) >= 11 is 0. The minimum Gasteiger partial charge on any atom is -0.476 e. The highest BCUT2D eigenvalue weighted by Gasteiger charge is 2.18. The lowest BCUT2D eigenvalue weighted by Gasteiger charge is -2.06. The number of carbonyl (C=O) groups is 1. The highest BCUT2D eigenvalue weighted by atomic mass is 16.4. The van der Waals surface area contributed by atoms with Gasteiger partial charge in [0.1, 0.15) is 0 Å². The zero-order valence-corrected chi connectivity index (χ0v) is 11.6. The van der Waals surface area contributed by atoms with Gasteiger partial charge in [0, 0.05) is 13.1 Å².